The number of nitrogens with zero attached hydrogens (tertiary/aromatic N) is 7. The van der Waals surface area contributed by atoms with Crippen molar-refractivity contribution < 1.29 is 77.0 Å². The van der Waals surface area contributed by atoms with Crippen LogP contribution in [0.1, 0.15) is 118 Å². The SMILES string of the molecule is COCC(=O)NC(Cc1ccccc1)C(=O)N(C)C(C(=O)N(C)C(CC(N)=O)C(=O)N(C)C(C(=O)N(C)C(C(=O)N(C)C(CC(C)C)C(=O)NC(CC(N)=O)C(=O)NC(Cc1ccccc1)C(=O)N1CCCC1C(=O)NCCC(=O)NC(CCCN=C(N)N)C(=O)O)C(C)C)C(C)C)C(C)C. The maximum absolute atomic E-state index is 15.1. The Bertz CT molecular complexity index is 3220. The Balaban J connectivity index is 1.93. The van der Waals surface area contributed by atoms with E-state index in [1.165, 1.54) is 52.1 Å². The van der Waals surface area contributed by atoms with E-state index in [4.69, 9.17) is 27.7 Å². The van der Waals surface area contributed by atoms with E-state index >= 15 is 9.59 Å². The average molecular weight is 1420 g/mol. The van der Waals surface area contributed by atoms with Crippen molar-refractivity contribution in [1.82, 2.24) is 56.0 Å². The van der Waals surface area contributed by atoms with Crippen molar-refractivity contribution >= 4 is 88.7 Å². The number of carbonyl (C=O) groups is 14. The Morgan fingerprint density at radius 2 is 1.03 bits per heavy atom. The second-order valence-electron chi connectivity index (χ2n) is 27.0. The number of benzene rings is 2. The van der Waals surface area contributed by atoms with Gasteiger partial charge < -0.3 is 88.8 Å². The zero-order chi connectivity index (χ0) is 76.3. The molecule has 0 aliphatic carbocycles. The van der Waals surface area contributed by atoms with Gasteiger partial charge in [0.25, 0.3) is 0 Å². The lowest BCUT2D eigenvalue weighted by Gasteiger charge is -2.42. The van der Waals surface area contributed by atoms with Crippen molar-refractivity contribution in [2.45, 2.75) is 180 Å². The standard InChI is InChI=1S/C69H108N16O16/c1-39(2)33-50(61(92)78-46(36-52(70)86)59(90)79-48(35-44-25-19-16-20-26-44)63(94)85-32-22-28-49(85)60(91)74-31-29-54(88)76-45(68(99)100)27-21-30-75-69(72)73)80(9)65(96)57(41(5)6)84(13)67(98)58(42(7)8)83(12)64(95)51(37-53(71)87)81(10)66(97)56(40(3)4)82(11)62(93)47(77-55(89)38-101-14)34-43-23-17-15-18-24-43/h15-20,23-26,39-42,45-51,56-58H,21-22,27-38H2,1-14H3,(H2,70,86)(H2,71,87)(H,74,91)(H,76,88)(H,77,89)(H,78,92)(H,79,90)(H,99,100)(H4,72,73,75). The first-order valence-electron chi connectivity index (χ1n) is 33.9. The number of methoxy groups -OCH3 is 1. The third kappa shape index (κ3) is 26.1. The molecule has 32 nitrogen and oxygen atoms in total. The fourth-order valence-corrected chi connectivity index (χ4v) is 12.4. The van der Waals surface area contributed by atoms with Crippen LogP contribution in [0, 0.1) is 23.7 Å². The van der Waals surface area contributed by atoms with Gasteiger partial charge in [0.1, 0.15) is 67.0 Å². The minimum absolute atomic E-state index is 0.0233. The molecule has 0 saturated carbocycles. The van der Waals surface area contributed by atoms with E-state index in [1.807, 2.05) is 0 Å². The quantitative estimate of drug-likeness (QED) is 0.0208. The van der Waals surface area contributed by atoms with Crippen LogP contribution in [-0.2, 0) is 84.7 Å². The van der Waals surface area contributed by atoms with Crippen molar-refractivity contribution in [2.75, 3.05) is 68.6 Å². The lowest BCUT2D eigenvalue weighted by Crippen LogP contribution is -2.63. The fourth-order valence-electron chi connectivity index (χ4n) is 12.4. The Kier molecular flexibility index (Phi) is 34.8. The minimum Gasteiger partial charge on any atom is -0.480 e. The Hall–Kier alpha value is -9.75. The summed E-state index contributed by atoms with van der Waals surface area (Å²) in [6.45, 7) is 13.2. The number of likely N-dealkylation sites (N-methyl/N-ethyl adjacent to an activating group) is 5. The number of nitrogens with one attached hydrogen (secondary N) is 5. The number of hydrogen-bond acceptors (Lipinski definition) is 16. The zero-order valence-corrected chi connectivity index (χ0v) is 60.8. The molecule has 1 heterocycles. The van der Waals surface area contributed by atoms with Crippen molar-refractivity contribution in [3.05, 3.63) is 71.8 Å². The number of primary amides is 2. The highest BCUT2D eigenvalue weighted by molar-refractivity contribution is 6.00. The second kappa shape index (κ2) is 41.1. The van der Waals surface area contributed by atoms with Gasteiger partial charge in [-0.25, -0.2) is 4.79 Å². The first-order chi connectivity index (χ1) is 47.4. The number of likely N-dealkylation sites (tertiary alicyclic amines) is 1. The summed E-state index contributed by atoms with van der Waals surface area (Å²) in [5.74, 6) is -14.0. The Morgan fingerprint density at radius 3 is 1.50 bits per heavy atom. The van der Waals surface area contributed by atoms with Crippen LogP contribution in [0.15, 0.2) is 65.7 Å². The largest absolute Gasteiger partial charge is 0.480 e. The van der Waals surface area contributed by atoms with Gasteiger partial charge in [0, 0.05) is 81.2 Å². The highest BCUT2D eigenvalue weighted by Crippen LogP contribution is 2.26. The monoisotopic (exact) mass is 1420 g/mol. The van der Waals surface area contributed by atoms with E-state index < -0.39 is 174 Å². The summed E-state index contributed by atoms with van der Waals surface area (Å²) in [6.07, 6.45) is -1.03. The van der Waals surface area contributed by atoms with Crippen LogP contribution in [-0.4, -0.2) is 252 Å². The van der Waals surface area contributed by atoms with Gasteiger partial charge in [-0.2, -0.15) is 0 Å². The van der Waals surface area contributed by atoms with E-state index in [0.717, 1.165) is 19.6 Å². The highest BCUT2D eigenvalue weighted by atomic mass is 16.5. The van der Waals surface area contributed by atoms with E-state index in [9.17, 15) is 62.6 Å². The van der Waals surface area contributed by atoms with Crippen LogP contribution in [0.25, 0.3) is 0 Å². The van der Waals surface area contributed by atoms with Gasteiger partial charge in [0.15, 0.2) is 5.96 Å². The van der Waals surface area contributed by atoms with Crippen molar-refractivity contribution in [1.29, 1.82) is 0 Å². The molecule has 1 aliphatic heterocycles. The number of carbonyl (C=O) groups excluding carboxylic acids is 13. The molecule has 1 saturated heterocycles. The van der Waals surface area contributed by atoms with Gasteiger partial charge in [0.2, 0.25) is 76.8 Å². The molecular formula is C69H108N16O16. The molecule has 14 N–H and O–H groups in total. The maximum atomic E-state index is 15.1. The molecule has 3 rings (SSSR count). The van der Waals surface area contributed by atoms with Crippen molar-refractivity contribution in [3.63, 3.8) is 0 Å². The maximum Gasteiger partial charge on any atom is 0.326 e. The molecule has 2 aromatic carbocycles. The number of aliphatic carboxylic acids is 1. The number of rotatable bonds is 41. The average Bonchev–Trinajstić information content (AvgIpc) is 1.25. The first-order valence-corrected chi connectivity index (χ1v) is 33.9. The van der Waals surface area contributed by atoms with Crippen LogP contribution in [0.4, 0.5) is 0 Å². The number of nitrogens with two attached hydrogens (primary N) is 4. The number of carboxylic acid groups (broad SMARTS) is 1. The molecule has 13 amide bonds. The Morgan fingerprint density at radius 1 is 0.564 bits per heavy atom. The molecule has 0 aromatic heterocycles. The molecule has 2 aromatic rings. The molecule has 10 unspecified atom stereocenters. The molecule has 32 heteroatoms. The van der Waals surface area contributed by atoms with Gasteiger partial charge in [-0.05, 0) is 66.9 Å². The first kappa shape index (κ1) is 85.5. The lowest BCUT2D eigenvalue weighted by atomic mass is 9.94. The van der Waals surface area contributed by atoms with E-state index in [0.29, 0.717) is 17.5 Å². The number of carboxylic acids is 1. The summed E-state index contributed by atoms with van der Waals surface area (Å²) >= 11 is 0. The molecule has 101 heavy (non-hydrogen) atoms. The van der Waals surface area contributed by atoms with E-state index in [2.05, 4.69) is 31.6 Å². The predicted octanol–water partition coefficient (Wildman–Crippen LogP) is -1.41. The number of guanidine groups is 1. The fraction of sp³-hybridized carbons (Fsp3) is 0.609. The van der Waals surface area contributed by atoms with Gasteiger partial charge in [-0.1, -0.05) is 116 Å². The third-order valence-corrected chi connectivity index (χ3v) is 17.5. The number of amides is 13. The normalized spacial score (nSPS) is 15.4. The summed E-state index contributed by atoms with van der Waals surface area (Å²) in [5.41, 5.74) is 23.4. The number of aliphatic imine (C=N–C) groups is 1. The molecule has 560 valence electrons. The van der Waals surface area contributed by atoms with E-state index in [-0.39, 0.29) is 83.1 Å². The Labute approximate surface area is 591 Å². The summed E-state index contributed by atoms with van der Waals surface area (Å²) in [5, 5.41) is 22.7. The van der Waals surface area contributed by atoms with Crippen LogP contribution in [0.3, 0.4) is 0 Å². The van der Waals surface area contributed by atoms with E-state index in [1.54, 1.807) is 116 Å². The van der Waals surface area contributed by atoms with Gasteiger partial charge >= 0.3 is 5.97 Å². The van der Waals surface area contributed by atoms with Gasteiger partial charge in [-0.15, -0.1) is 0 Å². The smallest absolute Gasteiger partial charge is 0.326 e. The zero-order valence-electron chi connectivity index (χ0n) is 60.8. The molecule has 1 aliphatic rings. The molecule has 1 fully saturated rings. The van der Waals surface area contributed by atoms with Gasteiger partial charge in [0.05, 0.1) is 12.8 Å². The van der Waals surface area contributed by atoms with Gasteiger partial charge in [-0.3, -0.25) is 67.3 Å². The third-order valence-electron chi connectivity index (χ3n) is 17.5. The van der Waals surface area contributed by atoms with Crippen molar-refractivity contribution in [2.24, 2.45) is 51.6 Å². The van der Waals surface area contributed by atoms with Crippen LogP contribution in [0.2, 0.25) is 0 Å². The molecular weight excluding hydrogens is 1310 g/mol. The van der Waals surface area contributed by atoms with Crippen LogP contribution in [0.5, 0.6) is 0 Å². The second-order valence-corrected chi connectivity index (χ2v) is 27.0. The molecule has 0 radical (unpaired) electrons. The summed E-state index contributed by atoms with van der Waals surface area (Å²) in [6, 6.07) is 3.84. The summed E-state index contributed by atoms with van der Waals surface area (Å²) < 4.78 is 4.99. The molecule has 0 spiro atoms. The summed E-state index contributed by atoms with van der Waals surface area (Å²) in [4.78, 5) is 206. The van der Waals surface area contributed by atoms with Crippen LogP contribution < -0.4 is 49.5 Å². The summed E-state index contributed by atoms with van der Waals surface area (Å²) in [7, 11) is 7.97. The molecule has 0 bridgehead atoms. The molecule has 10 atom stereocenters. The van der Waals surface area contributed by atoms with Crippen LogP contribution >= 0.6 is 0 Å². The lowest BCUT2D eigenvalue weighted by molar-refractivity contribution is -0.158. The highest BCUT2D eigenvalue weighted by Gasteiger charge is 2.46. The number of ether oxygens (including phenoxy) is 1. The number of hydrogen-bond donors (Lipinski definition) is 10. The predicted molar refractivity (Wildman–Crippen MR) is 374 cm³/mol. The van der Waals surface area contributed by atoms with Crippen molar-refractivity contribution in [3.8, 4) is 0 Å². The topological polar surface area (TPSA) is 464 Å². The minimum atomic E-state index is -1.73.